The van der Waals surface area contributed by atoms with E-state index >= 15 is 0 Å². The summed E-state index contributed by atoms with van der Waals surface area (Å²) in [6.07, 6.45) is -1.53. The molecule has 0 saturated carbocycles. The maximum absolute atomic E-state index is 13.0. The third-order valence-corrected chi connectivity index (χ3v) is 5.72. The molecule has 2 unspecified atom stereocenters. The smallest absolute Gasteiger partial charge is 0.407 e. The van der Waals surface area contributed by atoms with Gasteiger partial charge in [-0.1, -0.05) is 30.3 Å². The molecule has 11 nitrogen and oxygen atoms in total. The van der Waals surface area contributed by atoms with E-state index in [-0.39, 0.29) is 11.9 Å². The Morgan fingerprint density at radius 2 is 1.62 bits per heavy atom. The second-order valence-corrected chi connectivity index (χ2v) is 9.62. The van der Waals surface area contributed by atoms with Crippen molar-refractivity contribution in [2.45, 2.75) is 45.1 Å². The number of hydrogen-bond donors (Lipinski definition) is 2. The molecule has 2 saturated heterocycles. The molecule has 0 aliphatic carbocycles. The van der Waals surface area contributed by atoms with Crippen molar-refractivity contribution in [3.05, 3.63) is 35.9 Å². The Balaban J connectivity index is 0.000000588. The van der Waals surface area contributed by atoms with Crippen molar-refractivity contribution in [3.8, 4) is 0 Å². The predicted molar refractivity (Wildman–Crippen MR) is 126 cm³/mol. The van der Waals surface area contributed by atoms with Crippen molar-refractivity contribution in [3.63, 3.8) is 0 Å². The number of amides is 4. The zero-order chi connectivity index (χ0) is 25.2. The maximum atomic E-state index is 13.0. The second kappa shape index (κ2) is 9.88. The molecule has 1 aromatic rings. The van der Waals surface area contributed by atoms with Gasteiger partial charge < -0.3 is 29.8 Å². The highest BCUT2D eigenvalue weighted by Gasteiger charge is 2.52. The Morgan fingerprint density at radius 3 is 2.15 bits per heavy atom. The van der Waals surface area contributed by atoms with Crippen LogP contribution in [0.25, 0.3) is 0 Å². The number of carbonyl (C=O) groups is 3. The molecular formula is C23H34N6O5. The largest absolute Gasteiger partial charge is 0.465 e. The Labute approximate surface area is 199 Å². The number of carbonyl (C=O) groups excluding carboxylic acids is 2. The minimum atomic E-state index is -0.935. The Kier molecular flexibility index (Phi) is 7.35. The van der Waals surface area contributed by atoms with E-state index in [9.17, 15) is 19.5 Å². The topological polar surface area (TPSA) is 120 Å². The molecule has 0 spiro atoms. The van der Waals surface area contributed by atoms with E-state index in [0.29, 0.717) is 38.7 Å². The Bertz CT molecular complexity index is 933. The second-order valence-electron chi connectivity index (χ2n) is 9.62. The van der Waals surface area contributed by atoms with Crippen LogP contribution in [0.1, 0.15) is 26.3 Å². The zero-order valence-electron chi connectivity index (χ0n) is 20.4. The molecule has 0 aromatic heterocycles. The van der Waals surface area contributed by atoms with Gasteiger partial charge in [0.25, 0.3) is 5.91 Å². The van der Waals surface area contributed by atoms with Crippen LogP contribution in [0.15, 0.2) is 35.3 Å². The summed E-state index contributed by atoms with van der Waals surface area (Å²) in [4.78, 5) is 49.3. The molecule has 11 heteroatoms. The van der Waals surface area contributed by atoms with Crippen LogP contribution in [0.5, 0.6) is 0 Å². The van der Waals surface area contributed by atoms with Crippen LogP contribution in [0.3, 0.4) is 0 Å². The van der Waals surface area contributed by atoms with Crippen molar-refractivity contribution < 1.29 is 24.6 Å². The quantitative estimate of drug-likeness (QED) is 0.660. The first-order valence-electron chi connectivity index (χ1n) is 11.3. The van der Waals surface area contributed by atoms with E-state index in [1.54, 1.807) is 27.8 Å². The van der Waals surface area contributed by atoms with E-state index in [0.717, 1.165) is 10.5 Å². The monoisotopic (exact) mass is 474 g/mol. The molecule has 3 aliphatic heterocycles. The molecule has 0 radical (unpaired) electrons. The number of imide groups is 1. The lowest BCUT2D eigenvalue weighted by Crippen LogP contribution is -2.64. The van der Waals surface area contributed by atoms with Gasteiger partial charge >= 0.3 is 12.1 Å². The summed E-state index contributed by atoms with van der Waals surface area (Å²) in [7, 11) is 3.14. The summed E-state index contributed by atoms with van der Waals surface area (Å²) in [5.74, 6) is 0.356. The number of benzene rings is 1. The molecule has 186 valence electrons. The molecule has 4 amide bonds. The van der Waals surface area contributed by atoms with Crippen LogP contribution in [0.2, 0.25) is 0 Å². The number of aliphatic hydroxyl groups is 1. The number of hydrogen-bond acceptors (Lipinski definition) is 7. The first kappa shape index (κ1) is 25.3. The molecule has 1 aromatic carbocycles. The first-order valence-corrected chi connectivity index (χ1v) is 11.3. The summed E-state index contributed by atoms with van der Waals surface area (Å²) in [5.41, 5.74) is 0.528. The van der Waals surface area contributed by atoms with Gasteiger partial charge in [-0.25, -0.2) is 14.6 Å². The van der Waals surface area contributed by atoms with Crippen LogP contribution >= 0.6 is 0 Å². The third kappa shape index (κ3) is 5.58. The molecular weight excluding hydrogens is 440 g/mol. The number of piperazine rings is 1. The number of aliphatic imine (C=N–C) groups is 1. The summed E-state index contributed by atoms with van der Waals surface area (Å²) in [5, 5.41) is 17.7. The fourth-order valence-electron chi connectivity index (χ4n) is 4.06. The van der Waals surface area contributed by atoms with Crippen molar-refractivity contribution in [2.75, 3.05) is 40.3 Å². The lowest BCUT2D eigenvalue weighted by molar-refractivity contribution is -0.136. The minimum Gasteiger partial charge on any atom is -0.465 e. The van der Waals surface area contributed by atoms with E-state index in [4.69, 9.17) is 10.1 Å². The number of carboxylic acid groups (broad SMARTS) is 1. The van der Waals surface area contributed by atoms with E-state index in [1.807, 2.05) is 40.1 Å². The standard InChI is InChI=1S/C19H24N6O4.C4H10O/c1-21-15-14(16(26)22(2)18(21)27)25(12-13-6-4-3-5-7-13)17(20-15)23-8-10-24(11-9-23)19(28)29;1-4(2,3)5/h3-7,14-15H,8-12H2,1-2H3,(H,28,29);5H,1-3H3. The molecule has 34 heavy (non-hydrogen) atoms. The van der Waals surface area contributed by atoms with Crippen LogP contribution in [0.4, 0.5) is 9.59 Å². The van der Waals surface area contributed by atoms with Gasteiger partial charge in [-0.05, 0) is 26.3 Å². The minimum absolute atomic E-state index is 0.281. The van der Waals surface area contributed by atoms with E-state index in [2.05, 4.69) is 0 Å². The van der Waals surface area contributed by atoms with E-state index in [1.165, 1.54) is 16.8 Å². The molecule has 3 heterocycles. The first-order chi connectivity index (χ1) is 15.9. The van der Waals surface area contributed by atoms with Crippen LogP contribution in [0, 0.1) is 0 Å². The average molecular weight is 475 g/mol. The van der Waals surface area contributed by atoms with Crippen LogP contribution in [-0.2, 0) is 11.3 Å². The number of nitrogens with zero attached hydrogens (tertiary/aromatic N) is 6. The molecule has 0 bridgehead atoms. The van der Waals surface area contributed by atoms with Gasteiger partial charge in [-0.15, -0.1) is 0 Å². The highest BCUT2D eigenvalue weighted by atomic mass is 16.4. The van der Waals surface area contributed by atoms with Crippen molar-refractivity contribution >= 4 is 24.0 Å². The summed E-state index contributed by atoms with van der Waals surface area (Å²) in [6, 6.07) is 8.80. The summed E-state index contributed by atoms with van der Waals surface area (Å²) < 4.78 is 0. The third-order valence-electron chi connectivity index (χ3n) is 5.72. The van der Waals surface area contributed by atoms with Gasteiger partial charge in [0.2, 0.25) is 0 Å². The average Bonchev–Trinajstić information content (AvgIpc) is 3.15. The lowest BCUT2D eigenvalue weighted by atomic mass is 10.1. The van der Waals surface area contributed by atoms with Gasteiger partial charge in [-0.2, -0.15) is 0 Å². The van der Waals surface area contributed by atoms with E-state index < -0.39 is 23.9 Å². The van der Waals surface area contributed by atoms with Gasteiger partial charge in [0.1, 0.15) is 0 Å². The van der Waals surface area contributed by atoms with Gasteiger partial charge in [0.05, 0.1) is 5.60 Å². The predicted octanol–water partition coefficient (Wildman–Crippen LogP) is 1.15. The van der Waals surface area contributed by atoms with Gasteiger partial charge in [0, 0.05) is 46.8 Å². The fraction of sp³-hybridized carbons (Fsp3) is 0.565. The van der Waals surface area contributed by atoms with Crippen molar-refractivity contribution in [1.82, 2.24) is 24.5 Å². The molecule has 2 N–H and O–H groups in total. The Hall–Kier alpha value is -3.34. The molecule has 4 rings (SSSR count). The number of guanidine groups is 1. The van der Waals surface area contributed by atoms with Crippen LogP contribution < -0.4 is 0 Å². The zero-order valence-corrected chi connectivity index (χ0v) is 20.4. The molecule has 2 atom stereocenters. The number of urea groups is 1. The van der Waals surface area contributed by atoms with Crippen molar-refractivity contribution in [1.29, 1.82) is 0 Å². The van der Waals surface area contributed by atoms with Crippen molar-refractivity contribution in [2.24, 2.45) is 4.99 Å². The fourth-order valence-corrected chi connectivity index (χ4v) is 4.06. The SMILES string of the molecule is CC(C)(C)O.CN1C(=O)C2C(N=C(N3CCN(C(=O)O)CC3)N2Cc2ccccc2)N(C)C1=O. The number of rotatable bonds is 2. The van der Waals surface area contributed by atoms with Gasteiger partial charge in [0.15, 0.2) is 18.2 Å². The molecule has 3 aliphatic rings. The summed E-state index contributed by atoms with van der Waals surface area (Å²) in [6.45, 7) is 7.40. The number of fused-ring (bicyclic) bond motifs is 1. The summed E-state index contributed by atoms with van der Waals surface area (Å²) >= 11 is 0. The van der Waals surface area contributed by atoms with Crippen LogP contribution in [-0.4, -0.2) is 117 Å². The highest BCUT2D eigenvalue weighted by molar-refractivity contribution is 6.03. The normalized spacial score (nSPS) is 22.9. The lowest BCUT2D eigenvalue weighted by Gasteiger charge is -2.41. The number of likely N-dealkylation sites (N-methyl/N-ethyl adjacent to an activating group) is 2. The molecule has 2 fully saturated rings. The highest BCUT2D eigenvalue weighted by Crippen LogP contribution is 2.30. The Morgan fingerprint density at radius 1 is 1.06 bits per heavy atom. The maximum Gasteiger partial charge on any atom is 0.407 e. The van der Waals surface area contributed by atoms with Gasteiger partial charge in [-0.3, -0.25) is 9.69 Å².